The molecule has 0 atom stereocenters. The van der Waals surface area contributed by atoms with Gasteiger partial charge >= 0.3 is 0 Å². The van der Waals surface area contributed by atoms with Gasteiger partial charge < -0.3 is 10.2 Å². The van der Waals surface area contributed by atoms with Crippen LogP contribution in [0.2, 0.25) is 0 Å². The summed E-state index contributed by atoms with van der Waals surface area (Å²) in [4.78, 5) is 14.3. The van der Waals surface area contributed by atoms with Crippen LogP contribution in [-0.2, 0) is 4.79 Å². The molecule has 1 N–H and O–H groups in total. The third kappa shape index (κ3) is 4.26. The third-order valence-corrected chi connectivity index (χ3v) is 4.44. The van der Waals surface area contributed by atoms with Gasteiger partial charge in [0.2, 0.25) is 0 Å². The first-order valence-electron chi connectivity index (χ1n) is 7.86. The molecule has 0 spiro atoms. The molecule has 2 aliphatic rings. The molecule has 0 aromatic carbocycles. The van der Waals surface area contributed by atoms with Crippen molar-refractivity contribution in [3.05, 3.63) is 11.8 Å². The second kappa shape index (κ2) is 7.33. The van der Waals surface area contributed by atoms with Gasteiger partial charge in [0.1, 0.15) is 11.6 Å². The highest BCUT2D eigenvalue weighted by molar-refractivity contribution is 5.97. The van der Waals surface area contributed by atoms with Crippen LogP contribution in [0.5, 0.6) is 0 Å². The Kier molecular flexibility index (Phi) is 5.46. The van der Waals surface area contributed by atoms with Crippen LogP contribution in [-0.4, -0.2) is 29.9 Å². The van der Waals surface area contributed by atoms with E-state index >= 15 is 0 Å². The summed E-state index contributed by atoms with van der Waals surface area (Å²) in [6.45, 7) is 4.15. The molecule has 0 aromatic heterocycles. The zero-order chi connectivity index (χ0) is 14.4. The highest BCUT2D eigenvalue weighted by Crippen LogP contribution is 2.19. The number of likely N-dealkylation sites (tertiary alicyclic amines) is 1. The summed E-state index contributed by atoms with van der Waals surface area (Å²) in [5.41, 5.74) is 0.255. The minimum atomic E-state index is -0.196. The summed E-state index contributed by atoms with van der Waals surface area (Å²) >= 11 is 0. The van der Waals surface area contributed by atoms with Crippen LogP contribution in [0, 0.1) is 17.2 Å². The molecular formula is C16H25N3O. The topological polar surface area (TPSA) is 56.1 Å². The summed E-state index contributed by atoms with van der Waals surface area (Å²) in [7, 11) is 0. The van der Waals surface area contributed by atoms with Gasteiger partial charge in [-0.1, -0.05) is 26.2 Å². The lowest BCUT2D eigenvalue weighted by Crippen LogP contribution is -2.37. The first-order valence-corrected chi connectivity index (χ1v) is 7.86. The normalized spacial score (nSPS) is 22.4. The molecule has 1 saturated carbocycles. The second-order valence-electron chi connectivity index (χ2n) is 6.18. The predicted molar refractivity (Wildman–Crippen MR) is 78.7 cm³/mol. The van der Waals surface area contributed by atoms with Gasteiger partial charge in [-0.15, -0.1) is 0 Å². The van der Waals surface area contributed by atoms with Crippen molar-refractivity contribution >= 4 is 5.91 Å². The van der Waals surface area contributed by atoms with Crippen molar-refractivity contribution in [2.24, 2.45) is 5.92 Å². The first-order chi connectivity index (χ1) is 9.69. The van der Waals surface area contributed by atoms with Crippen molar-refractivity contribution < 1.29 is 4.79 Å². The van der Waals surface area contributed by atoms with Crippen LogP contribution in [0.3, 0.4) is 0 Å². The molecule has 1 aliphatic carbocycles. The molecule has 0 radical (unpaired) electrons. The molecule has 4 heteroatoms. The molecule has 0 aromatic rings. The smallest absolute Gasteiger partial charge is 0.263 e. The van der Waals surface area contributed by atoms with E-state index in [9.17, 15) is 10.1 Å². The number of rotatable bonds is 3. The van der Waals surface area contributed by atoms with E-state index in [4.69, 9.17) is 0 Å². The van der Waals surface area contributed by atoms with Crippen molar-refractivity contribution in [3.8, 4) is 6.07 Å². The number of nitrogens with zero attached hydrogens (tertiary/aromatic N) is 2. The molecule has 1 heterocycles. The quantitative estimate of drug-likeness (QED) is 0.636. The molecule has 2 rings (SSSR count). The van der Waals surface area contributed by atoms with E-state index in [-0.39, 0.29) is 17.5 Å². The molecule has 110 valence electrons. The van der Waals surface area contributed by atoms with Gasteiger partial charge in [0, 0.05) is 25.3 Å². The third-order valence-electron chi connectivity index (χ3n) is 4.44. The number of hydrogen-bond acceptors (Lipinski definition) is 3. The zero-order valence-electron chi connectivity index (χ0n) is 12.4. The van der Waals surface area contributed by atoms with Crippen molar-refractivity contribution in [3.63, 3.8) is 0 Å². The maximum atomic E-state index is 12.2. The largest absolute Gasteiger partial charge is 0.376 e. The molecule has 1 aliphatic heterocycles. The van der Waals surface area contributed by atoms with E-state index in [1.54, 1.807) is 6.20 Å². The summed E-state index contributed by atoms with van der Waals surface area (Å²) in [5.74, 6) is 0.555. The van der Waals surface area contributed by atoms with Crippen molar-refractivity contribution in [2.45, 2.75) is 57.9 Å². The molecular weight excluding hydrogens is 250 g/mol. The van der Waals surface area contributed by atoms with Crippen molar-refractivity contribution in [1.29, 1.82) is 5.26 Å². The number of nitriles is 1. The molecule has 1 amide bonds. The lowest BCUT2D eigenvalue weighted by atomic mass is 9.95. The number of nitrogens with one attached hydrogen (secondary N) is 1. The van der Waals surface area contributed by atoms with E-state index < -0.39 is 0 Å². The van der Waals surface area contributed by atoms with Crippen LogP contribution in [0.15, 0.2) is 11.8 Å². The van der Waals surface area contributed by atoms with Crippen LogP contribution in [0.25, 0.3) is 0 Å². The minimum Gasteiger partial charge on any atom is -0.376 e. The number of carbonyl (C=O) groups is 1. The second-order valence-corrected chi connectivity index (χ2v) is 6.18. The summed E-state index contributed by atoms with van der Waals surface area (Å²) < 4.78 is 0. The Morgan fingerprint density at radius 2 is 1.85 bits per heavy atom. The molecule has 20 heavy (non-hydrogen) atoms. The molecule has 0 bridgehead atoms. The lowest BCUT2D eigenvalue weighted by Gasteiger charge is -2.29. The summed E-state index contributed by atoms with van der Waals surface area (Å²) in [6.07, 6.45) is 9.75. The van der Waals surface area contributed by atoms with Gasteiger partial charge in [-0.05, 0) is 31.6 Å². The lowest BCUT2D eigenvalue weighted by molar-refractivity contribution is -0.118. The Bertz CT molecular complexity index is 396. The van der Waals surface area contributed by atoms with Crippen molar-refractivity contribution in [2.75, 3.05) is 13.1 Å². The first kappa shape index (κ1) is 14.9. The fourth-order valence-corrected chi connectivity index (χ4v) is 2.99. The monoisotopic (exact) mass is 275 g/mol. The fourth-order valence-electron chi connectivity index (χ4n) is 2.99. The molecule has 4 nitrogen and oxygen atoms in total. The predicted octanol–water partition coefficient (Wildman–Crippen LogP) is 2.57. The van der Waals surface area contributed by atoms with Gasteiger partial charge in [0.15, 0.2) is 0 Å². The molecule has 0 unspecified atom stereocenters. The minimum absolute atomic E-state index is 0.196. The highest BCUT2D eigenvalue weighted by atomic mass is 16.1. The maximum Gasteiger partial charge on any atom is 0.263 e. The maximum absolute atomic E-state index is 12.2. The van der Waals surface area contributed by atoms with Gasteiger partial charge in [-0.25, -0.2) is 0 Å². The van der Waals surface area contributed by atoms with Crippen LogP contribution >= 0.6 is 0 Å². The Balaban J connectivity index is 1.89. The van der Waals surface area contributed by atoms with Gasteiger partial charge in [0.25, 0.3) is 5.91 Å². The van der Waals surface area contributed by atoms with Crippen molar-refractivity contribution in [1.82, 2.24) is 10.2 Å². The van der Waals surface area contributed by atoms with E-state index in [1.807, 2.05) is 0 Å². The van der Waals surface area contributed by atoms with E-state index in [0.717, 1.165) is 44.7 Å². The van der Waals surface area contributed by atoms with E-state index in [0.29, 0.717) is 0 Å². The Hall–Kier alpha value is -1.50. The van der Waals surface area contributed by atoms with Gasteiger partial charge in [0.05, 0.1) is 0 Å². The highest BCUT2D eigenvalue weighted by Gasteiger charge is 2.20. The standard InChI is InChI=1S/C16H25N3O/c1-13-7-9-19(10-8-13)12-14(11-17)16(20)18-15-5-3-2-4-6-15/h12-13,15H,2-10H2,1H3,(H,18,20)/b14-12-. The average Bonchev–Trinajstić information content (AvgIpc) is 2.47. The average molecular weight is 275 g/mol. The van der Waals surface area contributed by atoms with Crippen LogP contribution in [0.1, 0.15) is 51.9 Å². The van der Waals surface area contributed by atoms with Crippen LogP contribution in [0.4, 0.5) is 0 Å². The Morgan fingerprint density at radius 3 is 2.45 bits per heavy atom. The Morgan fingerprint density at radius 1 is 1.20 bits per heavy atom. The number of hydrogen-bond donors (Lipinski definition) is 1. The summed E-state index contributed by atoms with van der Waals surface area (Å²) in [6, 6.07) is 2.32. The van der Waals surface area contributed by atoms with Gasteiger partial charge in [-0.2, -0.15) is 5.26 Å². The van der Waals surface area contributed by atoms with Gasteiger partial charge in [-0.3, -0.25) is 4.79 Å². The summed E-state index contributed by atoms with van der Waals surface area (Å²) in [5, 5.41) is 12.2. The Labute approximate surface area is 121 Å². The fraction of sp³-hybridized carbons (Fsp3) is 0.750. The zero-order valence-corrected chi connectivity index (χ0v) is 12.4. The molecule has 1 saturated heterocycles. The number of amides is 1. The van der Waals surface area contributed by atoms with E-state index in [2.05, 4.69) is 23.2 Å². The van der Waals surface area contributed by atoms with E-state index in [1.165, 1.54) is 19.3 Å². The SMILES string of the molecule is CC1CCN(/C=C(/C#N)C(=O)NC2CCCCC2)CC1. The molecule has 2 fully saturated rings. The van der Waals surface area contributed by atoms with Crippen LogP contribution < -0.4 is 5.32 Å². The number of carbonyl (C=O) groups excluding carboxylic acids is 1. The number of piperidine rings is 1.